The molecule has 1 fully saturated rings. The van der Waals surface area contributed by atoms with Gasteiger partial charge in [-0.3, -0.25) is 9.59 Å². The van der Waals surface area contributed by atoms with Crippen molar-refractivity contribution in [3.63, 3.8) is 0 Å². The monoisotopic (exact) mass is 275 g/mol. The molecule has 0 heterocycles. The Morgan fingerprint density at radius 1 is 1.10 bits per heavy atom. The van der Waals surface area contributed by atoms with Crippen molar-refractivity contribution in [1.29, 1.82) is 0 Å². The molecule has 1 aromatic rings. The maximum absolute atomic E-state index is 12.2. The number of rotatable bonds is 4. The van der Waals surface area contributed by atoms with Gasteiger partial charge in [-0.25, -0.2) is 0 Å². The Labute approximate surface area is 118 Å². The average Bonchev–Trinajstić information content (AvgIpc) is 2.41. The minimum atomic E-state index is -0.746. The van der Waals surface area contributed by atoms with E-state index in [4.69, 9.17) is 11.5 Å². The maximum atomic E-state index is 12.2. The molecule has 5 N–H and O–H groups in total. The summed E-state index contributed by atoms with van der Waals surface area (Å²) in [4.78, 5) is 23.1. The Balaban J connectivity index is 1.98. The Hall–Kier alpha value is -1.88. The highest BCUT2D eigenvalue weighted by Crippen LogP contribution is 2.27. The minimum Gasteiger partial charge on any atom is -0.369 e. The summed E-state index contributed by atoms with van der Waals surface area (Å²) in [5.41, 5.74) is 12.1. The van der Waals surface area contributed by atoms with E-state index in [1.807, 2.05) is 0 Å². The molecule has 0 radical (unpaired) electrons. The van der Waals surface area contributed by atoms with Crippen LogP contribution in [0.1, 0.15) is 37.7 Å². The zero-order valence-corrected chi connectivity index (χ0v) is 11.5. The van der Waals surface area contributed by atoms with E-state index in [-0.39, 0.29) is 18.2 Å². The molecule has 108 valence electrons. The molecule has 2 rings (SSSR count). The molecule has 1 aromatic carbocycles. The fraction of sp³-hybridized carbons (Fsp3) is 0.467. The summed E-state index contributed by atoms with van der Waals surface area (Å²) in [5.74, 6) is -0.496. The van der Waals surface area contributed by atoms with Gasteiger partial charge in [0.15, 0.2) is 0 Å². The third-order valence-corrected chi connectivity index (χ3v) is 3.79. The molecule has 0 saturated heterocycles. The number of anilines is 1. The normalized spacial score (nSPS) is 17.4. The fourth-order valence-electron chi connectivity index (χ4n) is 2.57. The highest BCUT2D eigenvalue weighted by atomic mass is 16.2. The second-order valence-electron chi connectivity index (χ2n) is 5.51. The van der Waals surface area contributed by atoms with Crippen molar-refractivity contribution in [3.05, 3.63) is 29.8 Å². The largest absolute Gasteiger partial charge is 0.369 e. The molecular formula is C15H21N3O2. The van der Waals surface area contributed by atoms with Crippen LogP contribution in [-0.4, -0.2) is 17.4 Å². The van der Waals surface area contributed by atoms with Gasteiger partial charge in [0.25, 0.3) is 0 Å². The number of hydrogen-bond donors (Lipinski definition) is 3. The fourth-order valence-corrected chi connectivity index (χ4v) is 2.57. The summed E-state index contributed by atoms with van der Waals surface area (Å²) < 4.78 is 0. The summed E-state index contributed by atoms with van der Waals surface area (Å²) >= 11 is 0. The summed E-state index contributed by atoms with van der Waals surface area (Å²) in [7, 11) is 0. The first-order chi connectivity index (χ1) is 9.49. The van der Waals surface area contributed by atoms with Crippen molar-refractivity contribution in [2.24, 2.45) is 11.5 Å². The molecule has 20 heavy (non-hydrogen) atoms. The van der Waals surface area contributed by atoms with Crippen LogP contribution in [0.5, 0.6) is 0 Å². The third-order valence-electron chi connectivity index (χ3n) is 3.79. The van der Waals surface area contributed by atoms with Crippen molar-refractivity contribution >= 4 is 17.5 Å². The van der Waals surface area contributed by atoms with E-state index >= 15 is 0 Å². The molecule has 0 atom stereocenters. The highest BCUT2D eigenvalue weighted by Gasteiger charge is 2.35. The molecule has 5 heteroatoms. The van der Waals surface area contributed by atoms with Gasteiger partial charge in [0.05, 0.1) is 12.0 Å². The second-order valence-corrected chi connectivity index (χ2v) is 5.51. The van der Waals surface area contributed by atoms with Crippen molar-refractivity contribution < 1.29 is 9.59 Å². The second kappa shape index (κ2) is 6.05. The van der Waals surface area contributed by atoms with Crippen molar-refractivity contribution in [1.82, 2.24) is 0 Å². The topological polar surface area (TPSA) is 98.2 Å². The van der Waals surface area contributed by atoms with Crippen LogP contribution in [0.15, 0.2) is 24.3 Å². The Kier molecular flexibility index (Phi) is 4.39. The molecule has 0 bridgehead atoms. The van der Waals surface area contributed by atoms with Crippen LogP contribution < -0.4 is 16.8 Å². The quantitative estimate of drug-likeness (QED) is 0.772. The molecular weight excluding hydrogens is 254 g/mol. The molecule has 0 aliphatic heterocycles. The van der Waals surface area contributed by atoms with Crippen molar-refractivity contribution in [3.8, 4) is 0 Å². The first-order valence-electron chi connectivity index (χ1n) is 6.97. The van der Waals surface area contributed by atoms with Gasteiger partial charge in [-0.1, -0.05) is 31.4 Å². The van der Waals surface area contributed by atoms with Crippen LogP contribution in [0.25, 0.3) is 0 Å². The van der Waals surface area contributed by atoms with Crippen molar-refractivity contribution in [2.75, 3.05) is 5.32 Å². The molecule has 1 aliphatic carbocycles. The average molecular weight is 275 g/mol. The number of primary amides is 1. The predicted octanol–water partition coefficient (Wildman–Crippen LogP) is 1.31. The van der Waals surface area contributed by atoms with E-state index in [0.29, 0.717) is 5.69 Å². The number of carbonyl (C=O) groups excluding carboxylic acids is 2. The molecule has 1 aliphatic rings. The summed E-state index contributed by atoms with van der Waals surface area (Å²) in [6.45, 7) is 0. The number of nitrogens with two attached hydrogens (primary N) is 2. The van der Waals surface area contributed by atoms with Gasteiger partial charge in [-0.05, 0) is 30.5 Å². The van der Waals surface area contributed by atoms with Gasteiger partial charge >= 0.3 is 0 Å². The van der Waals surface area contributed by atoms with Gasteiger partial charge in [0.1, 0.15) is 0 Å². The number of carbonyl (C=O) groups is 2. The van der Waals surface area contributed by atoms with E-state index in [0.717, 1.165) is 37.7 Å². The van der Waals surface area contributed by atoms with E-state index in [1.165, 1.54) is 0 Å². The highest BCUT2D eigenvalue weighted by molar-refractivity contribution is 5.98. The molecule has 1 saturated carbocycles. The lowest BCUT2D eigenvalue weighted by Crippen LogP contribution is -2.52. The number of benzene rings is 1. The SMILES string of the molecule is NC(=O)Cc1ccc(NC(=O)C2(N)CCCCC2)cc1. The Bertz CT molecular complexity index is 490. The molecule has 2 amide bonds. The van der Waals surface area contributed by atoms with Gasteiger partial charge in [0.2, 0.25) is 11.8 Å². The van der Waals surface area contributed by atoms with E-state index in [2.05, 4.69) is 5.32 Å². The lowest BCUT2D eigenvalue weighted by atomic mass is 9.82. The molecule has 5 nitrogen and oxygen atoms in total. The number of hydrogen-bond acceptors (Lipinski definition) is 3. The summed E-state index contributed by atoms with van der Waals surface area (Å²) in [6.07, 6.45) is 4.82. The third kappa shape index (κ3) is 3.57. The first kappa shape index (κ1) is 14.5. The standard InChI is InChI=1S/C15H21N3O2/c16-13(19)10-11-4-6-12(7-5-11)18-14(20)15(17)8-2-1-3-9-15/h4-7H,1-3,8-10,17H2,(H2,16,19)(H,18,20). The van der Waals surface area contributed by atoms with Gasteiger partial charge in [0, 0.05) is 5.69 Å². The Morgan fingerprint density at radius 2 is 1.70 bits per heavy atom. The summed E-state index contributed by atoms with van der Waals surface area (Å²) in [6, 6.07) is 7.10. The van der Waals surface area contributed by atoms with Crippen LogP contribution in [0.2, 0.25) is 0 Å². The molecule has 0 spiro atoms. The number of nitrogens with one attached hydrogen (secondary N) is 1. The molecule has 0 aromatic heterocycles. The lowest BCUT2D eigenvalue weighted by Gasteiger charge is -2.31. The number of amides is 2. The molecule has 0 unspecified atom stereocenters. The van der Waals surface area contributed by atoms with Crippen LogP contribution in [-0.2, 0) is 16.0 Å². The minimum absolute atomic E-state index is 0.125. The Morgan fingerprint density at radius 3 is 2.25 bits per heavy atom. The predicted molar refractivity (Wildman–Crippen MR) is 78.0 cm³/mol. The first-order valence-corrected chi connectivity index (χ1v) is 6.97. The van der Waals surface area contributed by atoms with E-state index < -0.39 is 5.54 Å². The zero-order valence-electron chi connectivity index (χ0n) is 11.5. The van der Waals surface area contributed by atoms with Gasteiger partial charge < -0.3 is 16.8 Å². The van der Waals surface area contributed by atoms with Crippen LogP contribution >= 0.6 is 0 Å². The zero-order chi connectivity index (χ0) is 14.6. The van der Waals surface area contributed by atoms with E-state index in [1.54, 1.807) is 24.3 Å². The van der Waals surface area contributed by atoms with Crippen LogP contribution in [0.4, 0.5) is 5.69 Å². The van der Waals surface area contributed by atoms with Crippen LogP contribution in [0.3, 0.4) is 0 Å². The van der Waals surface area contributed by atoms with Gasteiger partial charge in [-0.15, -0.1) is 0 Å². The smallest absolute Gasteiger partial charge is 0.244 e. The summed E-state index contributed by atoms with van der Waals surface area (Å²) in [5, 5.41) is 2.85. The van der Waals surface area contributed by atoms with Crippen LogP contribution in [0, 0.1) is 0 Å². The lowest BCUT2D eigenvalue weighted by molar-refractivity contribution is -0.122. The van der Waals surface area contributed by atoms with E-state index in [9.17, 15) is 9.59 Å². The maximum Gasteiger partial charge on any atom is 0.244 e. The van der Waals surface area contributed by atoms with Crippen molar-refractivity contribution in [2.45, 2.75) is 44.1 Å². The van der Waals surface area contributed by atoms with Gasteiger partial charge in [-0.2, -0.15) is 0 Å².